The third kappa shape index (κ3) is 7.16. The van der Waals surface area contributed by atoms with Gasteiger partial charge < -0.3 is 10.2 Å². The molecule has 9 heteroatoms. The molecule has 194 valence electrons. The van der Waals surface area contributed by atoms with Gasteiger partial charge in [-0.1, -0.05) is 54.8 Å². The highest BCUT2D eigenvalue weighted by atomic mass is 32.2. The predicted molar refractivity (Wildman–Crippen MR) is 140 cm³/mol. The molecule has 0 spiro atoms. The maximum absolute atomic E-state index is 13.6. The second-order valence-electron chi connectivity index (χ2n) is 9.55. The first-order valence-corrected chi connectivity index (χ1v) is 14.0. The van der Waals surface area contributed by atoms with Gasteiger partial charge in [0.25, 0.3) is 0 Å². The number of ketones is 1. The number of hydrogen-bond donors (Lipinski definition) is 1. The van der Waals surface area contributed by atoms with Crippen LogP contribution in [0, 0.1) is 6.92 Å². The Hall–Kier alpha value is -3.20. The van der Waals surface area contributed by atoms with E-state index in [0.717, 1.165) is 47.4 Å². The molecule has 1 unspecified atom stereocenters. The zero-order chi connectivity index (χ0) is 26.5. The molecule has 1 fully saturated rings. The summed E-state index contributed by atoms with van der Waals surface area (Å²) in [4.78, 5) is 40.0. The third-order valence-corrected chi connectivity index (χ3v) is 7.66. The number of rotatable bonds is 10. The summed E-state index contributed by atoms with van der Waals surface area (Å²) >= 11 is 0. The average molecular weight is 514 g/mol. The van der Waals surface area contributed by atoms with Gasteiger partial charge in [-0.15, -0.1) is 0 Å². The molecule has 0 heterocycles. The highest BCUT2D eigenvalue weighted by Gasteiger charge is 2.31. The highest BCUT2D eigenvalue weighted by molar-refractivity contribution is 7.92. The molecule has 0 bridgehead atoms. The van der Waals surface area contributed by atoms with Gasteiger partial charge in [0.2, 0.25) is 21.8 Å². The van der Waals surface area contributed by atoms with Crippen LogP contribution in [-0.4, -0.2) is 55.8 Å². The van der Waals surface area contributed by atoms with Crippen LogP contribution < -0.4 is 9.62 Å². The van der Waals surface area contributed by atoms with Crippen LogP contribution in [0.25, 0.3) is 0 Å². The Bertz CT molecular complexity index is 1220. The molecule has 2 aromatic rings. The standard InChI is InChI=1S/C27H35N3O5S/c1-19-9-7-10-22(15-19)17-29(20(2)27(33)28-24-12-5-6-13-24)26(32)18-30(36(4,34)35)25-14-8-11-23(16-25)21(3)31/h7-11,14-16,20,24H,5-6,12-13,17-18H2,1-4H3,(H,28,33). The fraction of sp³-hybridized carbons (Fsp3) is 0.444. The van der Waals surface area contributed by atoms with Crippen LogP contribution in [0.2, 0.25) is 0 Å². The van der Waals surface area contributed by atoms with Crippen molar-refractivity contribution >= 4 is 33.3 Å². The first-order valence-electron chi connectivity index (χ1n) is 12.2. The number of carbonyl (C=O) groups is 3. The lowest BCUT2D eigenvalue weighted by Crippen LogP contribution is -2.52. The van der Waals surface area contributed by atoms with Crippen molar-refractivity contribution < 1.29 is 22.8 Å². The quantitative estimate of drug-likeness (QED) is 0.490. The lowest BCUT2D eigenvalue weighted by molar-refractivity contribution is -0.139. The van der Waals surface area contributed by atoms with Crippen molar-refractivity contribution in [3.8, 4) is 0 Å². The smallest absolute Gasteiger partial charge is 0.244 e. The minimum atomic E-state index is -3.86. The van der Waals surface area contributed by atoms with Gasteiger partial charge in [0.15, 0.2) is 5.78 Å². The number of nitrogens with one attached hydrogen (secondary N) is 1. The van der Waals surface area contributed by atoms with Gasteiger partial charge in [0, 0.05) is 18.2 Å². The van der Waals surface area contributed by atoms with E-state index < -0.39 is 28.5 Å². The topological polar surface area (TPSA) is 104 Å². The Labute approximate surface area is 213 Å². The molecule has 2 amide bonds. The fourth-order valence-electron chi connectivity index (χ4n) is 4.48. The number of Topliss-reactive ketones (excluding diaryl/α,β-unsaturated/α-hetero) is 1. The van der Waals surface area contributed by atoms with E-state index in [1.165, 1.54) is 17.9 Å². The lowest BCUT2D eigenvalue weighted by atomic mass is 10.1. The van der Waals surface area contributed by atoms with Gasteiger partial charge in [-0.25, -0.2) is 8.42 Å². The second kappa shape index (κ2) is 11.7. The van der Waals surface area contributed by atoms with Crippen LogP contribution in [0.4, 0.5) is 5.69 Å². The molecule has 1 saturated carbocycles. The molecule has 8 nitrogen and oxygen atoms in total. The van der Waals surface area contributed by atoms with Gasteiger partial charge in [-0.05, 0) is 51.3 Å². The number of amides is 2. The minimum Gasteiger partial charge on any atom is -0.352 e. The monoisotopic (exact) mass is 513 g/mol. The molecule has 2 aromatic carbocycles. The first kappa shape index (κ1) is 27.4. The summed E-state index contributed by atoms with van der Waals surface area (Å²) in [5.74, 6) is -0.980. The maximum atomic E-state index is 13.6. The van der Waals surface area contributed by atoms with Crippen molar-refractivity contribution in [3.05, 3.63) is 65.2 Å². The average Bonchev–Trinajstić information content (AvgIpc) is 3.32. The summed E-state index contributed by atoms with van der Waals surface area (Å²) in [5.41, 5.74) is 2.42. The van der Waals surface area contributed by atoms with E-state index in [1.807, 2.05) is 31.2 Å². The molecule has 1 aliphatic rings. The fourth-order valence-corrected chi connectivity index (χ4v) is 5.32. The molecule has 0 aliphatic heterocycles. The van der Waals surface area contributed by atoms with E-state index >= 15 is 0 Å². The van der Waals surface area contributed by atoms with Crippen LogP contribution in [-0.2, 0) is 26.2 Å². The molecular formula is C27H35N3O5S. The molecule has 0 radical (unpaired) electrons. The van der Waals surface area contributed by atoms with Gasteiger partial charge in [-0.2, -0.15) is 0 Å². The Morgan fingerprint density at radius 1 is 1.06 bits per heavy atom. The van der Waals surface area contributed by atoms with E-state index in [0.29, 0.717) is 5.56 Å². The summed E-state index contributed by atoms with van der Waals surface area (Å²) in [6, 6.07) is 13.1. The number of aryl methyl sites for hydroxylation is 1. The zero-order valence-electron chi connectivity index (χ0n) is 21.4. The van der Waals surface area contributed by atoms with E-state index in [9.17, 15) is 22.8 Å². The van der Waals surface area contributed by atoms with Crippen molar-refractivity contribution in [2.24, 2.45) is 0 Å². The maximum Gasteiger partial charge on any atom is 0.244 e. The molecule has 0 saturated heterocycles. The Kier molecular flexibility index (Phi) is 8.89. The van der Waals surface area contributed by atoms with Crippen LogP contribution in [0.15, 0.2) is 48.5 Å². The Morgan fingerprint density at radius 3 is 2.33 bits per heavy atom. The molecule has 0 aromatic heterocycles. The van der Waals surface area contributed by atoms with E-state index in [4.69, 9.17) is 0 Å². The van der Waals surface area contributed by atoms with Crippen molar-refractivity contribution in [3.63, 3.8) is 0 Å². The summed E-state index contributed by atoms with van der Waals surface area (Å²) in [6.07, 6.45) is 4.97. The normalized spacial score (nSPS) is 14.8. The Morgan fingerprint density at radius 2 is 1.72 bits per heavy atom. The van der Waals surface area contributed by atoms with Crippen molar-refractivity contribution in [2.45, 2.75) is 65.1 Å². The summed E-state index contributed by atoms with van der Waals surface area (Å²) < 4.78 is 26.4. The van der Waals surface area contributed by atoms with Gasteiger partial charge in [0.1, 0.15) is 12.6 Å². The number of anilines is 1. The zero-order valence-corrected chi connectivity index (χ0v) is 22.2. The van der Waals surface area contributed by atoms with E-state index in [1.54, 1.807) is 25.1 Å². The molecular weight excluding hydrogens is 478 g/mol. The molecule has 36 heavy (non-hydrogen) atoms. The lowest BCUT2D eigenvalue weighted by Gasteiger charge is -2.32. The third-order valence-electron chi connectivity index (χ3n) is 6.52. The number of carbonyl (C=O) groups excluding carboxylic acids is 3. The van der Waals surface area contributed by atoms with Crippen LogP contribution in [0.1, 0.15) is 61.0 Å². The number of sulfonamides is 1. The van der Waals surface area contributed by atoms with Gasteiger partial charge in [-0.3, -0.25) is 18.7 Å². The van der Waals surface area contributed by atoms with E-state index in [2.05, 4.69) is 5.32 Å². The van der Waals surface area contributed by atoms with Gasteiger partial charge >= 0.3 is 0 Å². The second-order valence-corrected chi connectivity index (χ2v) is 11.5. The van der Waals surface area contributed by atoms with Crippen molar-refractivity contribution in [2.75, 3.05) is 17.1 Å². The summed E-state index contributed by atoms with van der Waals surface area (Å²) in [5, 5.41) is 3.04. The SMILES string of the molecule is CC(=O)c1cccc(N(CC(=O)N(Cc2cccc(C)c2)C(C)C(=O)NC2CCCC2)S(C)(=O)=O)c1. The van der Waals surface area contributed by atoms with Crippen LogP contribution >= 0.6 is 0 Å². The number of benzene rings is 2. The summed E-state index contributed by atoms with van der Waals surface area (Å²) in [6.45, 7) is 4.67. The molecule has 1 N–H and O–H groups in total. The molecule has 3 rings (SSSR count). The van der Waals surface area contributed by atoms with Crippen LogP contribution in [0.3, 0.4) is 0 Å². The van der Waals surface area contributed by atoms with E-state index in [-0.39, 0.29) is 30.0 Å². The van der Waals surface area contributed by atoms with Crippen molar-refractivity contribution in [1.29, 1.82) is 0 Å². The van der Waals surface area contributed by atoms with Crippen LogP contribution in [0.5, 0.6) is 0 Å². The highest BCUT2D eigenvalue weighted by Crippen LogP contribution is 2.22. The number of hydrogen-bond acceptors (Lipinski definition) is 5. The molecule has 1 aliphatic carbocycles. The van der Waals surface area contributed by atoms with Crippen molar-refractivity contribution in [1.82, 2.24) is 10.2 Å². The minimum absolute atomic E-state index is 0.0951. The largest absolute Gasteiger partial charge is 0.352 e. The van der Waals surface area contributed by atoms with Gasteiger partial charge in [0.05, 0.1) is 11.9 Å². The predicted octanol–water partition coefficient (Wildman–Crippen LogP) is 3.44. The first-order chi connectivity index (χ1) is 17.0. The molecule has 1 atom stereocenters. The number of nitrogens with zero attached hydrogens (tertiary/aromatic N) is 2. The Balaban J connectivity index is 1.90. The summed E-state index contributed by atoms with van der Waals surface area (Å²) in [7, 11) is -3.86.